The number of aromatic nitrogens is 1. The smallest absolute Gasteiger partial charge is 0.290 e. The van der Waals surface area contributed by atoms with Gasteiger partial charge < -0.3 is 19.5 Å². The van der Waals surface area contributed by atoms with Crippen LogP contribution in [0.25, 0.3) is 0 Å². The van der Waals surface area contributed by atoms with E-state index in [9.17, 15) is 14.4 Å². The van der Waals surface area contributed by atoms with E-state index in [1.807, 2.05) is 24.1 Å². The van der Waals surface area contributed by atoms with Gasteiger partial charge in [0.1, 0.15) is 6.54 Å². The van der Waals surface area contributed by atoms with E-state index in [-0.39, 0.29) is 53.3 Å². The number of likely N-dealkylation sites (tertiary alicyclic amines) is 1. The second-order valence-corrected chi connectivity index (χ2v) is 12.0. The van der Waals surface area contributed by atoms with E-state index >= 15 is 0 Å². The van der Waals surface area contributed by atoms with Gasteiger partial charge in [0, 0.05) is 24.0 Å². The van der Waals surface area contributed by atoms with Crippen molar-refractivity contribution in [2.24, 2.45) is 10.8 Å². The number of thiazole rings is 1. The summed E-state index contributed by atoms with van der Waals surface area (Å²) in [5.41, 5.74) is 1.11. The van der Waals surface area contributed by atoms with E-state index in [0.29, 0.717) is 16.9 Å². The van der Waals surface area contributed by atoms with E-state index < -0.39 is 0 Å². The normalized spacial score (nSPS) is 23.2. The van der Waals surface area contributed by atoms with Crippen molar-refractivity contribution in [3.05, 3.63) is 35.2 Å². The zero-order chi connectivity index (χ0) is 24.7. The summed E-state index contributed by atoms with van der Waals surface area (Å²) in [6, 6.07) is 3.34. The average Bonchev–Trinajstić information content (AvgIpc) is 3.44. The molecule has 2 unspecified atom stereocenters. The van der Waals surface area contributed by atoms with Gasteiger partial charge in [-0.25, -0.2) is 4.98 Å². The Morgan fingerprint density at radius 3 is 2.74 bits per heavy atom. The maximum atomic E-state index is 13.1. The standard InChI is InChI=1S/C25H34N4O4S/c1-16(2)28(22(32)19-7-6-8-33-19)12-20(30)27-23-26-17(13-34-23)9-21(31)29-15-25(5)11-18(29)10-24(3,4)14-25/h6-8,13,16,18H,9-12,14-15H2,1-5H3,(H,26,27,30). The SMILES string of the molecule is CC(C)N(CC(=O)Nc1nc(CC(=O)N2CC3(C)CC2CC(C)(C)C3)cs1)C(=O)c1ccco1. The molecule has 2 aliphatic rings. The molecule has 1 saturated heterocycles. The van der Waals surface area contributed by atoms with Crippen LogP contribution >= 0.6 is 11.3 Å². The molecule has 0 radical (unpaired) electrons. The van der Waals surface area contributed by atoms with E-state index in [1.54, 1.807) is 12.1 Å². The third-order valence-electron chi connectivity index (χ3n) is 6.80. The molecule has 9 heteroatoms. The highest BCUT2D eigenvalue weighted by molar-refractivity contribution is 7.13. The molecular formula is C25H34N4O4S. The van der Waals surface area contributed by atoms with Crippen molar-refractivity contribution in [2.45, 2.75) is 72.4 Å². The van der Waals surface area contributed by atoms with E-state index in [2.05, 4.69) is 31.1 Å². The van der Waals surface area contributed by atoms with Crippen LogP contribution in [0.15, 0.2) is 28.2 Å². The minimum atomic E-state index is -0.343. The molecule has 2 aromatic heterocycles. The van der Waals surface area contributed by atoms with Gasteiger partial charge in [-0.1, -0.05) is 20.8 Å². The molecule has 0 aromatic carbocycles. The summed E-state index contributed by atoms with van der Waals surface area (Å²) < 4.78 is 5.18. The summed E-state index contributed by atoms with van der Waals surface area (Å²) in [6.45, 7) is 11.3. The number of fused-ring (bicyclic) bond motifs is 2. The number of carbonyl (C=O) groups excluding carboxylic acids is 3. The van der Waals surface area contributed by atoms with Gasteiger partial charge in [-0.15, -0.1) is 11.3 Å². The molecule has 2 bridgehead atoms. The van der Waals surface area contributed by atoms with Gasteiger partial charge in [0.05, 0.1) is 18.4 Å². The van der Waals surface area contributed by atoms with E-state index in [0.717, 1.165) is 25.8 Å². The first-order valence-corrected chi connectivity index (χ1v) is 12.7. The second kappa shape index (κ2) is 9.17. The van der Waals surface area contributed by atoms with Gasteiger partial charge in [0.2, 0.25) is 11.8 Å². The number of rotatable bonds is 7. The topological polar surface area (TPSA) is 95.8 Å². The minimum Gasteiger partial charge on any atom is -0.459 e. The fraction of sp³-hybridized carbons (Fsp3) is 0.600. The van der Waals surface area contributed by atoms with E-state index in [1.165, 1.54) is 22.5 Å². The van der Waals surface area contributed by atoms with Crippen molar-refractivity contribution in [2.75, 3.05) is 18.4 Å². The molecule has 3 heterocycles. The molecule has 34 heavy (non-hydrogen) atoms. The number of anilines is 1. The van der Waals surface area contributed by atoms with Crippen LogP contribution in [0.4, 0.5) is 5.13 Å². The van der Waals surface area contributed by atoms with Crippen LogP contribution in [0, 0.1) is 10.8 Å². The number of nitrogens with one attached hydrogen (secondary N) is 1. The maximum absolute atomic E-state index is 13.1. The third kappa shape index (κ3) is 5.35. The Morgan fingerprint density at radius 1 is 1.29 bits per heavy atom. The molecular weight excluding hydrogens is 452 g/mol. The van der Waals surface area contributed by atoms with Crippen molar-refractivity contribution in [1.29, 1.82) is 0 Å². The average molecular weight is 487 g/mol. The highest BCUT2D eigenvalue weighted by Crippen LogP contribution is 2.52. The highest BCUT2D eigenvalue weighted by atomic mass is 32.1. The minimum absolute atomic E-state index is 0.102. The molecule has 184 valence electrons. The van der Waals surface area contributed by atoms with Gasteiger partial charge in [-0.3, -0.25) is 14.4 Å². The van der Waals surface area contributed by atoms with E-state index in [4.69, 9.17) is 4.42 Å². The van der Waals surface area contributed by atoms with Crippen LogP contribution in [-0.4, -0.2) is 57.7 Å². The monoisotopic (exact) mass is 486 g/mol. The summed E-state index contributed by atoms with van der Waals surface area (Å²) >= 11 is 1.29. The largest absolute Gasteiger partial charge is 0.459 e. The number of furan rings is 1. The predicted octanol–water partition coefficient (Wildman–Crippen LogP) is 4.20. The van der Waals surface area contributed by atoms with Crippen LogP contribution in [0.1, 0.15) is 70.1 Å². The second-order valence-electron chi connectivity index (χ2n) is 11.1. The lowest BCUT2D eigenvalue weighted by molar-refractivity contribution is -0.131. The van der Waals surface area contributed by atoms with Gasteiger partial charge in [-0.05, 0) is 56.1 Å². The van der Waals surface area contributed by atoms with Crippen molar-refractivity contribution < 1.29 is 18.8 Å². The summed E-state index contributed by atoms with van der Waals surface area (Å²) in [5, 5.41) is 5.00. The number of carbonyl (C=O) groups is 3. The van der Waals surface area contributed by atoms with Crippen molar-refractivity contribution in [3.8, 4) is 0 Å². The molecule has 2 atom stereocenters. The molecule has 2 aromatic rings. The number of hydrogen-bond acceptors (Lipinski definition) is 6. The lowest BCUT2D eigenvalue weighted by Crippen LogP contribution is -2.42. The fourth-order valence-corrected chi connectivity index (χ4v) is 6.52. The Balaban J connectivity index is 1.34. The van der Waals surface area contributed by atoms with Crippen LogP contribution in [-0.2, 0) is 16.0 Å². The molecule has 1 aliphatic carbocycles. The molecule has 1 aliphatic heterocycles. The summed E-state index contributed by atoms with van der Waals surface area (Å²) in [6.07, 6.45) is 4.91. The van der Waals surface area contributed by atoms with Crippen molar-refractivity contribution in [3.63, 3.8) is 0 Å². The Kier molecular flexibility index (Phi) is 6.59. The number of nitrogens with zero attached hydrogens (tertiary/aromatic N) is 3. The first kappa shape index (κ1) is 24.4. The van der Waals surface area contributed by atoms with Crippen LogP contribution in [0.3, 0.4) is 0 Å². The first-order valence-electron chi connectivity index (χ1n) is 11.8. The summed E-state index contributed by atoms with van der Waals surface area (Å²) in [5.74, 6) is -0.387. The maximum Gasteiger partial charge on any atom is 0.290 e. The van der Waals surface area contributed by atoms with Gasteiger partial charge >= 0.3 is 0 Å². The number of amides is 3. The van der Waals surface area contributed by atoms with Crippen LogP contribution < -0.4 is 5.32 Å². The van der Waals surface area contributed by atoms with Gasteiger partial charge in [-0.2, -0.15) is 0 Å². The molecule has 4 rings (SSSR count). The Hall–Kier alpha value is -2.68. The Labute approximate surface area is 204 Å². The van der Waals surface area contributed by atoms with Crippen molar-refractivity contribution in [1.82, 2.24) is 14.8 Å². The first-order chi connectivity index (χ1) is 15.9. The third-order valence-corrected chi connectivity index (χ3v) is 7.60. The van der Waals surface area contributed by atoms with Crippen LogP contribution in [0.2, 0.25) is 0 Å². The molecule has 0 spiro atoms. The predicted molar refractivity (Wildman–Crippen MR) is 131 cm³/mol. The zero-order valence-corrected chi connectivity index (χ0v) is 21.4. The van der Waals surface area contributed by atoms with Crippen molar-refractivity contribution >= 4 is 34.2 Å². The van der Waals surface area contributed by atoms with Gasteiger partial charge in [0.25, 0.3) is 5.91 Å². The highest BCUT2D eigenvalue weighted by Gasteiger charge is 2.50. The molecule has 2 fully saturated rings. The lowest BCUT2D eigenvalue weighted by atomic mass is 9.65. The van der Waals surface area contributed by atoms with Crippen LogP contribution in [0.5, 0.6) is 0 Å². The zero-order valence-electron chi connectivity index (χ0n) is 20.6. The quantitative estimate of drug-likeness (QED) is 0.633. The Bertz CT molecular complexity index is 1060. The summed E-state index contributed by atoms with van der Waals surface area (Å²) in [7, 11) is 0. The molecule has 1 N–H and O–H groups in total. The Morgan fingerprint density at radius 2 is 2.06 bits per heavy atom. The number of hydrogen-bond donors (Lipinski definition) is 1. The lowest BCUT2D eigenvalue weighted by Gasteiger charge is -2.39. The van der Waals surface area contributed by atoms with Gasteiger partial charge in [0.15, 0.2) is 10.9 Å². The molecule has 8 nitrogen and oxygen atoms in total. The molecule has 3 amide bonds. The summed E-state index contributed by atoms with van der Waals surface area (Å²) in [4.78, 5) is 46.3. The fourth-order valence-electron chi connectivity index (χ4n) is 5.80. The molecule has 1 saturated carbocycles.